The van der Waals surface area contributed by atoms with Crippen molar-refractivity contribution < 1.29 is 92.3 Å². The Bertz CT molecular complexity index is 3820. The number of primary amides is 1. The van der Waals surface area contributed by atoms with Crippen LogP contribution in [0.5, 0.6) is 5.75 Å². The number of nitrogens with zero attached hydrogens (tertiary/aromatic N) is 1. The van der Waals surface area contributed by atoms with Crippen molar-refractivity contribution in [3.63, 3.8) is 0 Å². The molecule has 12 N–H and O–H groups in total. The minimum Gasteiger partial charge on any atom is -0.508 e. The molecule has 3 aromatic carbocycles. The molecule has 2 bridgehead atoms. The van der Waals surface area contributed by atoms with E-state index in [0.717, 1.165) is 24.6 Å². The molecule has 27 nitrogen and oxygen atoms in total. The molecule has 12 atom stereocenters. The van der Waals surface area contributed by atoms with Crippen LogP contribution in [0.4, 0.5) is 4.79 Å². The van der Waals surface area contributed by atoms with Gasteiger partial charge in [0.05, 0.1) is 61.2 Å². The number of nitrogens with one attached hydrogen (secondary N) is 6. The lowest BCUT2D eigenvalue weighted by Gasteiger charge is -2.33. The second-order valence-corrected chi connectivity index (χ2v) is 31.2. The fourth-order valence-electron chi connectivity index (χ4n) is 14.5. The Labute approximate surface area is 651 Å². The molecule has 111 heavy (non-hydrogen) atoms. The minimum atomic E-state index is -2.07. The molecule has 7 amide bonds. The summed E-state index contributed by atoms with van der Waals surface area (Å²) in [5.41, 5.74) is 4.20. The number of hydrogen-bond acceptors (Lipinski definition) is 18. The molecule has 610 valence electrons. The molecule has 1 unspecified atom stereocenters. The number of phenolic OH excluding ortho intramolecular Hbond substituents is 1. The number of Topliss-reactive ketones (excluding diaryl/α,β-unsaturated/α-hetero) is 6. The zero-order valence-electron chi connectivity index (χ0n) is 66.3. The first-order chi connectivity index (χ1) is 52.6. The van der Waals surface area contributed by atoms with Crippen molar-refractivity contribution in [2.75, 3.05) is 26.3 Å². The Balaban J connectivity index is 0.0000109. The largest absolute Gasteiger partial charge is 0.508 e. The highest BCUT2D eigenvalue weighted by Gasteiger charge is 2.50. The number of nitrogens with two attached hydrogens (primary N) is 1. The van der Waals surface area contributed by atoms with Gasteiger partial charge in [0, 0.05) is 92.9 Å². The summed E-state index contributed by atoms with van der Waals surface area (Å²) in [5.74, 6) is -16.7. The van der Waals surface area contributed by atoms with Crippen LogP contribution in [0.2, 0.25) is 0 Å². The number of carbonyl (C=O) groups excluding carboxylic acids is 13. The number of phenols is 1. The van der Waals surface area contributed by atoms with E-state index in [1.165, 1.54) is 49.9 Å². The highest BCUT2D eigenvalue weighted by molar-refractivity contribution is 6.01. The number of aliphatic hydroxyl groups excluding tert-OH is 2. The number of aromatic nitrogens is 1. The molecular weight excluding hydrogens is 1420 g/mol. The smallest absolute Gasteiger partial charge is 0.409 e. The van der Waals surface area contributed by atoms with Crippen molar-refractivity contribution in [3.05, 3.63) is 102 Å². The van der Waals surface area contributed by atoms with Gasteiger partial charge >= 0.3 is 12.1 Å². The van der Waals surface area contributed by atoms with E-state index in [9.17, 15) is 63.6 Å². The van der Waals surface area contributed by atoms with Gasteiger partial charge in [-0.2, -0.15) is 0 Å². The van der Waals surface area contributed by atoms with Crippen molar-refractivity contribution >= 4 is 93.0 Å². The number of aromatic hydroxyl groups is 1. The molecule has 4 aromatic rings. The van der Waals surface area contributed by atoms with Gasteiger partial charge in [-0.3, -0.25) is 57.5 Å². The van der Waals surface area contributed by atoms with Gasteiger partial charge in [0.15, 0.2) is 28.9 Å². The first-order valence-corrected chi connectivity index (χ1v) is 39.4. The third kappa shape index (κ3) is 29.3. The van der Waals surface area contributed by atoms with Crippen molar-refractivity contribution in [1.82, 2.24) is 36.5 Å². The minimum absolute atomic E-state index is 0.0478. The molecular formula is C84H120N8O19. The van der Waals surface area contributed by atoms with Crippen LogP contribution in [-0.2, 0) is 86.3 Å². The van der Waals surface area contributed by atoms with Crippen molar-refractivity contribution in [2.45, 2.75) is 246 Å². The molecule has 0 radical (unpaired) electrons. The van der Waals surface area contributed by atoms with Gasteiger partial charge in [-0.05, 0) is 113 Å². The standard InChI is InChI=1S/C82H114N8O19.C2H6/c1-49(2)35-58-41-68(95)52(6)85-75(103)60(40-64-62-24-18-17-23-57(62)46-84-64)43-69(96)66(39-55-25-28-61(94)29-26-55)87-74(102)56(27-30-73(100)101)44-72(99)82(89-77(105)59(38-54-21-15-14-16-22-54)42-70(97)67(47-91)88-78(106)63(53(7)93)37-51(5)92)32-33-90(48-82)80(108)109-34-20-13-11-9-10-12-19-31-81(8,79(83)107)45-71(98)65(36-50(3)4)86-76(58)104;1-2/h14-18,21-26,28-29,46,49-50,52-53,56,58-60,63,65-67,84,91,93-94H,9-13,19-20,27,30-45,47-48H2,1-8H3,(H2,83,107)(H,85,103)(H,86,104)(H,87,102)(H,88,106)(H,89,105)(H,100,101);1-2H3/t52-,53?,56+,58+,59+,60+,63-,65-,66-,67-,81+,82+;/m0./s1. The average molecular weight is 1550 g/mol. The van der Waals surface area contributed by atoms with Gasteiger partial charge < -0.3 is 72.2 Å². The van der Waals surface area contributed by atoms with Crippen LogP contribution in [0, 0.1) is 46.8 Å². The maximum atomic E-state index is 15.7. The lowest BCUT2D eigenvalue weighted by Crippen LogP contribution is -2.59. The molecule has 2 aliphatic rings. The van der Waals surface area contributed by atoms with E-state index in [1.807, 2.05) is 59.7 Å². The molecule has 2 saturated heterocycles. The number of hydrogen-bond donors (Lipinski definition) is 11. The predicted molar refractivity (Wildman–Crippen MR) is 417 cm³/mol. The topological polar surface area (TPSA) is 434 Å². The number of aromatic amines is 1. The van der Waals surface area contributed by atoms with Crippen LogP contribution < -0.4 is 32.3 Å². The van der Waals surface area contributed by atoms with Crippen molar-refractivity contribution in [2.24, 2.45) is 52.6 Å². The Hall–Kier alpha value is -9.50. The van der Waals surface area contributed by atoms with Gasteiger partial charge in [-0.1, -0.05) is 154 Å². The first-order valence-electron chi connectivity index (χ1n) is 39.4. The number of carbonyl (C=O) groups is 14. The molecule has 6 rings (SSSR count). The third-order valence-electron chi connectivity index (χ3n) is 21.0. The normalized spacial score (nSPS) is 23.6. The molecule has 0 saturated carbocycles. The number of carboxylic acid groups (broad SMARTS) is 1. The number of ether oxygens (including phenoxy) is 1. The van der Waals surface area contributed by atoms with Crippen LogP contribution in [-0.4, -0.2) is 175 Å². The highest BCUT2D eigenvalue weighted by atomic mass is 16.6. The summed E-state index contributed by atoms with van der Waals surface area (Å²) < 4.78 is 5.77. The number of aliphatic carboxylic acids is 1. The van der Waals surface area contributed by atoms with Gasteiger partial charge in [-0.25, -0.2) is 4.79 Å². The first kappa shape index (κ1) is 92.1. The molecule has 0 aliphatic carbocycles. The van der Waals surface area contributed by atoms with E-state index in [-0.39, 0.29) is 94.3 Å². The number of cyclic esters (lactones) is 1. The Morgan fingerprint density at radius 2 is 1.28 bits per heavy atom. The predicted octanol–water partition coefficient (Wildman–Crippen LogP) is 8.40. The van der Waals surface area contributed by atoms with Crippen LogP contribution in [0.25, 0.3) is 10.8 Å². The maximum absolute atomic E-state index is 15.7. The SMILES string of the molecule is CC.CC(=O)C[C@H](C(=O)N[C@@H](CO)C(=O)C[C@@H](Cc1ccccc1)C(=O)N[C@]12CCN(C1)C(=O)OCCCCCCCCC[C@@](C)(C(N)=O)CC(=O)[C@H](CC(C)C)NC(=O)[C@H](CC(C)C)CC(=O)[C@H](C)NC(=O)[C@H](Cc1[nH]cc3ccccc13)CC(=O)[C@H](Cc1ccc(O)cc1)NC(=O)[C@H](CCC(=O)O)CC2=O)C(C)O. The Kier molecular flexibility index (Phi) is 37.4. The van der Waals surface area contributed by atoms with Gasteiger partial charge in [0.2, 0.25) is 35.4 Å². The lowest BCUT2D eigenvalue weighted by atomic mass is 9.77. The summed E-state index contributed by atoms with van der Waals surface area (Å²) in [6.07, 6.45) is -0.209. The number of carboxylic acids is 1. The van der Waals surface area contributed by atoms with E-state index < -0.39 is 192 Å². The zero-order chi connectivity index (χ0) is 82.3. The van der Waals surface area contributed by atoms with Crippen molar-refractivity contribution in [3.8, 4) is 5.75 Å². The van der Waals surface area contributed by atoms with E-state index in [1.54, 1.807) is 49.5 Å². The molecule has 1 aromatic heterocycles. The fraction of sp³-hybridized carbons (Fsp3) is 0.595. The molecule has 0 spiro atoms. The molecule has 2 aliphatic heterocycles. The molecule has 2 fully saturated rings. The summed E-state index contributed by atoms with van der Waals surface area (Å²) in [7, 11) is 0. The van der Waals surface area contributed by atoms with Crippen LogP contribution in [0.1, 0.15) is 208 Å². The van der Waals surface area contributed by atoms with E-state index in [0.29, 0.717) is 54.3 Å². The van der Waals surface area contributed by atoms with Crippen molar-refractivity contribution in [1.29, 1.82) is 0 Å². The van der Waals surface area contributed by atoms with Gasteiger partial charge in [0.25, 0.3) is 0 Å². The number of fused-ring (bicyclic) bond motifs is 3. The quantitative estimate of drug-likeness (QED) is 0.0296. The Morgan fingerprint density at radius 1 is 0.676 bits per heavy atom. The average Bonchev–Trinajstić information content (AvgIpc) is 1.68. The van der Waals surface area contributed by atoms with Crippen LogP contribution >= 0.6 is 0 Å². The van der Waals surface area contributed by atoms with Gasteiger partial charge in [-0.15, -0.1) is 0 Å². The van der Waals surface area contributed by atoms with E-state index in [2.05, 4.69) is 31.6 Å². The second-order valence-electron chi connectivity index (χ2n) is 31.2. The molecule has 3 heterocycles. The summed E-state index contributed by atoms with van der Waals surface area (Å²) in [4.78, 5) is 204. The summed E-state index contributed by atoms with van der Waals surface area (Å²) in [5, 5.41) is 56.7. The number of H-pyrrole nitrogens is 1. The zero-order valence-corrected chi connectivity index (χ0v) is 66.3. The monoisotopic (exact) mass is 1540 g/mol. The van der Waals surface area contributed by atoms with E-state index >= 15 is 24.0 Å². The number of rotatable bonds is 25. The Morgan fingerprint density at radius 3 is 1.90 bits per heavy atom. The third-order valence-corrected chi connectivity index (χ3v) is 21.0. The number of ketones is 6. The summed E-state index contributed by atoms with van der Waals surface area (Å²) in [6.45, 7) is 15.4. The second kappa shape index (κ2) is 45.1. The van der Waals surface area contributed by atoms with E-state index in [4.69, 9.17) is 10.5 Å². The maximum Gasteiger partial charge on any atom is 0.409 e. The number of benzene rings is 3. The summed E-state index contributed by atoms with van der Waals surface area (Å²) >= 11 is 0. The fourth-order valence-corrected chi connectivity index (χ4v) is 14.5. The van der Waals surface area contributed by atoms with Gasteiger partial charge in [0.1, 0.15) is 23.1 Å². The lowest BCUT2D eigenvalue weighted by molar-refractivity contribution is -0.140. The molecule has 27 heteroatoms. The number of amides is 7. The van der Waals surface area contributed by atoms with Crippen LogP contribution in [0.15, 0.2) is 85.1 Å². The summed E-state index contributed by atoms with van der Waals surface area (Å²) in [6, 6.07) is 16.0. The van der Waals surface area contributed by atoms with Crippen LogP contribution in [0.3, 0.4) is 0 Å². The highest BCUT2D eigenvalue weighted by Crippen LogP contribution is 2.34. The number of aliphatic hydroxyl groups is 2.